The first-order chi connectivity index (χ1) is 12.4. The van der Waals surface area contributed by atoms with Crippen LogP contribution in [0.5, 0.6) is 0 Å². The van der Waals surface area contributed by atoms with E-state index in [1.807, 2.05) is 24.3 Å². The van der Waals surface area contributed by atoms with E-state index in [4.69, 9.17) is 4.74 Å². The first kappa shape index (κ1) is 18.5. The molecule has 1 heterocycles. The smallest absolute Gasteiger partial charge is 0.236 e. The summed E-state index contributed by atoms with van der Waals surface area (Å²) in [7, 11) is -3.85. The predicted molar refractivity (Wildman–Crippen MR) is 95.5 cm³/mol. The van der Waals surface area contributed by atoms with Gasteiger partial charge in [-0.2, -0.15) is 0 Å². The second kappa shape index (κ2) is 7.97. The lowest BCUT2D eigenvalue weighted by atomic mass is 9.96. The molecule has 7 heteroatoms. The highest BCUT2D eigenvalue weighted by molar-refractivity contribution is 7.90. The molecule has 0 spiro atoms. The summed E-state index contributed by atoms with van der Waals surface area (Å²) in [5, 5.41) is 0. The van der Waals surface area contributed by atoms with Crippen LogP contribution in [0.2, 0.25) is 0 Å². The van der Waals surface area contributed by atoms with Crippen LogP contribution < -0.4 is 4.72 Å². The van der Waals surface area contributed by atoms with Gasteiger partial charge >= 0.3 is 0 Å². The average molecular weight is 377 g/mol. The largest absolute Gasteiger partial charge is 0.373 e. The summed E-state index contributed by atoms with van der Waals surface area (Å²) in [5.74, 6) is -1.44. The van der Waals surface area contributed by atoms with E-state index in [9.17, 15) is 17.6 Å². The Morgan fingerprint density at radius 1 is 1.15 bits per heavy atom. The van der Waals surface area contributed by atoms with E-state index >= 15 is 0 Å². The van der Waals surface area contributed by atoms with Crippen molar-refractivity contribution in [3.05, 3.63) is 71.0 Å². The highest BCUT2D eigenvalue weighted by Crippen LogP contribution is 2.29. The van der Waals surface area contributed by atoms with Crippen molar-refractivity contribution < 1.29 is 22.3 Å². The number of rotatable bonds is 6. The van der Waals surface area contributed by atoms with Gasteiger partial charge in [-0.1, -0.05) is 42.5 Å². The molecule has 0 fully saturated rings. The number of nitrogens with one attached hydrogen (secondary N) is 1. The fourth-order valence-corrected chi connectivity index (χ4v) is 4.05. The zero-order valence-corrected chi connectivity index (χ0v) is 15.0. The molecule has 1 amide bonds. The number of amides is 1. The summed E-state index contributed by atoms with van der Waals surface area (Å²) in [6.07, 6.45) is 0.241. The van der Waals surface area contributed by atoms with E-state index in [0.29, 0.717) is 12.2 Å². The third kappa shape index (κ3) is 4.68. The van der Waals surface area contributed by atoms with Crippen LogP contribution >= 0.6 is 0 Å². The number of carbonyl (C=O) groups is 1. The normalized spacial score (nSPS) is 16.7. The zero-order chi connectivity index (χ0) is 18.6. The average Bonchev–Trinajstić information content (AvgIpc) is 2.61. The number of ether oxygens (including phenoxy) is 1. The molecular formula is C19H20FNO4S. The van der Waals surface area contributed by atoms with Gasteiger partial charge in [0.25, 0.3) is 0 Å². The topological polar surface area (TPSA) is 72.5 Å². The molecular weight excluding hydrogens is 357 g/mol. The Balaban J connectivity index is 1.58. The van der Waals surface area contributed by atoms with Gasteiger partial charge in [0.2, 0.25) is 15.9 Å². The number of hydrogen-bond donors (Lipinski definition) is 1. The Morgan fingerprint density at radius 3 is 2.69 bits per heavy atom. The van der Waals surface area contributed by atoms with Crippen LogP contribution in [0.15, 0.2) is 48.5 Å². The van der Waals surface area contributed by atoms with Crippen molar-refractivity contribution in [3.8, 4) is 0 Å². The number of carbonyl (C=O) groups excluding carboxylic acids is 1. The van der Waals surface area contributed by atoms with Crippen molar-refractivity contribution in [2.75, 3.05) is 12.4 Å². The molecule has 0 aromatic heterocycles. The third-order valence-corrected chi connectivity index (χ3v) is 5.61. The molecule has 0 radical (unpaired) electrons. The molecule has 3 rings (SSSR count). The molecule has 0 aliphatic carbocycles. The van der Waals surface area contributed by atoms with Crippen LogP contribution in [-0.4, -0.2) is 26.7 Å². The quantitative estimate of drug-likeness (QED) is 0.840. The Kier molecular flexibility index (Phi) is 5.68. The molecule has 138 valence electrons. The highest BCUT2D eigenvalue weighted by Gasteiger charge is 2.25. The van der Waals surface area contributed by atoms with Crippen molar-refractivity contribution in [3.63, 3.8) is 0 Å². The standard InChI is InChI=1S/C19H20FNO4S/c20-17-8-4-2-6-15(17)10-12-26(23,24)21-19(22)13-18-16-7-3-1-5-14(16)9-11-25-18/h1-8,18H,9-13H2,(H,21,22). The summed E-state index contributed by atoms with van der Waals surface area (Å²) >= 11 is 0. The van der Waals surface area contributed by atoms with E-state index < -0.39 is 27.9 Å². The summed E-state index contributed by atoms with van der Waals surface area (Å²) in [5.41, 5.74) is 2.33. The summed E-state index contributed by atoms with van der Waals surface area (Å²) in [6.45, 7) is 0.495. The van der Waals surface area contributed by atoms with Crippen LogP contribution in [0.25, 0.3) is 0 Å². The number of fused-ring (bicyclic) bond motifs is 1. The Bertz CT molecular complexity index is 898. The number of aryl methyl sites for hydroxylation is 1. The maximum atomic E-state index is 13.6. The van der Waals surface area contributed by atoms with Gasteiger partial charge in [-0.25, -0.2) is 12.8 Å². The summed E-state index contributed by atoms with van der Waals surface area (Å²) < 4.78 is 45.5. The molecule has 1 aliphatic rings. The minimum absolute atomic E-state index is 0.00194. The fourth-order valence-electron chi connectivity index (χ4n) is 3.03. The van der Waals surface area contributed by atoms with Crippen LogP contribution in [0.3, 0.4) is 0 Å². The molecule has 1 aliphatic heterocycles. The van der Waals surface area contributed by atoms with Crippen LogP contribution in [0.1, 0.15) is 29.2 Å². The molecule has 1 unspecified atom stereocenters. The fraction of sp³-hybridized carbons (Fsp3) is 0.316. The predicted octanol–water partition coefficient (Wildman–Crippen LogP) is 2.52. The number of hydrogen-bond acceptors (Lipinski definition) is 4. The van der Waals surface area contributed by atoms with Gasteiger partial charge < -0.3 is 4.74 Å². The molecule has 1 atom stereocenters. The monoisotopic (exact) mass is 377 g/mol. The molecule has 0 saturated heterocycles. The van der Waals surface area contributed by atoms with E-state index in [1.54, 1.807) is 6.07 Å². The zero-order valence-electron chi connectivity index (χ0n) is 14.2. The SMILES string of the molecule is O=C(CC1OCCc2ccccc21)NS(=O)(=O)CCc1ccccc1F. The van der Waals surface area contributed by atoms with E-state index in [0.717, 1.165) is 17.5 Å². The summed E-state index contributed by atoms with van der Waals surface area (Å²) in [6, 6.07) is 13.6. The Labute approximate surface area is 152 Å². The second-order valence-electron chi connectivity index (χ2n) is 6.20. The van der Waals surface area contributed by atoms with Crippen molar-refractivity contribution in [1.29, 1.82) is 0 Å². The van der Waals surface area contributed by atoms with Crippen molar-refractivity contribution in [1.82, 2.24) is 4.72 Å². The van der Waals surface area contributed by atoms with Gasteiger partial charge in [0.15, 0.2) is 0 Å². The van der Waals surface area contributed by atoms with Crippen LogP contribution in [-0.2, 0) is 32.4 Å². The Hall–Kier alpha value is -2.25. The van der Waals surface area contributed by atoms with Crippen LogP contribution in [0.4, 0.5) is 4.39 Å². The van der Waals surface area contributed by atoms with Gasteiger partial charge in [0, 0.05) is 0 Å². The first-order valence-corrected chi connectivity index (χ1v) is 10.1. The van der Waals surface area contributed by atoms with Crippen molar-refractivity contribution in [2.45, 2.75) is 25.4 Å². The van der Waals surface area contributed by atoms with Gasteiger partial charge in [0.05, 0.1) is 24.9 Å². The first-order valence-electron chi connectivity index (χ1n) is 8.41. The molecule has 26 heavy (non-hydrogen) atoms. The lowest BCUT2D eigenvalue weighted by molar-refractivity contribution is -0.122. The molecule has 1 N–H and O–H groups in total. The number of halogens is 1. The van der Waals surface area contributed by atoms with E-state index in [2.05, 4.69) is 4.72 Å². The molecule has 0 saturated carbocycles. The maximum absolute atomic E-state index is 13.6. The van der Waals surface area contributed by atoms with Crippen molar-refractivity contribution >= 4 is 15.9 Å². The molecule has 0 bridgehead atoms. The number of sulfonamides is 1. The van der Waals surface area contributed by atoms with Gasteiger partial charge in [0.1, 0.15) is 5.82 Å². The molecule has 5 nitrogen and oxygen atoms in total. The second-order valence-corrected chi connectivity index (χ2v) is 8.04. The van der Waals surface area contributed by atoms with Gasteiger partial charge in [-0.05, 0) is 35.6 Å². The van der Waals surface area contributed by atoms with E-state index in [1.165, 1.54) is 18.2 Å². The molecule has 2 aromatic carbocycles. The van der Waals surface area contributed by atoms with E-state index in [-0.39, 0.29) is 18.6 Å². The lowest BCUT2D eigenvalue weighted by Crippen LogP contribution is -2.35. The highest BCUT2D eigenvalue weighted by atomic mass is 32.2. The van der Waals surface area contributed by atoms with Crippen LogP contribution in [0, 0.1) is 5.82 Å². The minimum atomic E-state index is -3.85. The third-order valence-electron chi connectivity index (χ3n) is 4.33. The van der Waals surface area contributed by atoms with Crippen molar-refractivity contribution in [2.24, 2.45) is 0 Å². The van der Waals surface area contributed by atoms with Gasteiger partial charge in [-0.3, -0.25) is 9.52 Å². The lowest BCUT2D eigenvalue weighted by Gasteiger charge is -2.25. The maximum Gasteiger partial charge on any atom is 0.236 e. The molecule has 2 aromatic rings. The Morgan fingerprint density at radius 2 is 1.88 bits per heavy atom. The van der Waals surface area contributed by atoms with Gasteiger partial charge in [-0.15, -0.1) is 0 Å². The summed E-state index contributed by atoms with van der Waals surface area (Å²) in [4.78, 5) is 12.2. The number of benzene rings is 2. The minimum Gasteiger partial charge on any atom is -0.373 e.